The van der Waals surface area contributed by atoms with Gasteiger partial charge in [0.25, 0.3) is 11.8 Å². The molecular formula is C23H32N4O4. The number of rotatable bonds is 4. The molecular weight excluding hydrogens is 396 g/mol. The third-order valence-corrected chi connectivity index (χ3v) is 6.96. The molecule has 168 valence electrons. The molecule has 8 nitrogen and oxygen atoms in total. The van der Waals surface area contributed by atoms with Gasteiger partial charge in [0.15, 0.2) is 0 Å². The van der Waals surface area contributed by atoms with Crippen LogP contribution < -0.4 is 10.1 Å². The summed E-state index contributed by atoms with van der Waals surface area (Å²) < 4.78 is 5.16. The smallest absolute Gasteiger partial charge is 0.325 e. The normalized spacial score (nSPS) is 24.1. The van der Waals surface area contributed by atoms with Gasteiger partial charge in [0.1, 0.15) is 11.3 Å². The van der Waals surface area contributed by atoms with E-state index in [0.717, 1.165) is 25.9 Å². The summed E-state index contributed by atoms with van der Waals surface area (Å²) in [6, 6.07) is 6.85. The highest BCUT2D eigenvalue weighted by Crippen LogP contribution is 2.33. The van der Waals surface area contributed by atoms with E-state index in [-0.39, 0.29) is 23.9 Å². The van der Waals surface area contributed by atoms with Gasteiger partial charge < -0.3 is 19.9 Å². The van der Waals surface area contributed by atoms with E-state index < -0.39 is 5.54 Å². The number of methoxy groups -OCH3 is 1. The number of nitrogens with zero attached hydrogens (tertiary/aromatic N) is 3. The van der Waals surface area contributed by atoms with Gasteiger partial charge >= 0.3 is 6.03 Å². The zero-order valence-corrected chi connectivity index (χ0v) is 18.6. The Morgan fingerprint density at radius 1 is 1.13 bits per heavy atom. The first kappa shape index (κ1) is 21.6. The van der Waals surface area contributed by atoms with Crippen molar-refractivity contribution in [2.45, 2.75) is 57.2 Å². The van der Waals surface area contributed by atoms with E-state index in [1.165, 1.54) is 4.90 Å². The molecule has 0 aliphatic carbocycles. The number of ether oxygens (including phenoxy) is 1. The Kier molecular flexibility index (Phi) is 5.92. The second-order valence-corrected chi connectivity index (χ2v) is 9.09. The lowest BCUT2D eigenvalue weighted by molar-refractivity contribution is -0.135. The minimum Gasteiger partial charge on any atom is -0.497 e. The lowest BCUT2D eigenvalue weighted by Gasteiger charge is -2.40. The van der Waals surface area contributed by atoms with Crippen LogP contribution in [0.5, 0.6) is 5.75 Å². The number of carbonyl (C=O) groups excluding carboxylic acids is 3. The first-order chi connectivity index (χ1) is 14.8. The van der Waals surface area contributed by atoms with Crippen LogP contribution in [0.1, 0.15) is 49.9 Å². The number of benzene rings is 1. The summed E-state index contributed by atoms with van der Waals surface area (Å²) in [4.78, 5) is 44.7. The van der Waals surface area contributed by atoms with Gasteiger partial charge in [0, 0.05) is 37.8 Å². The van der Waals surface area contributed by atoms with Gasteiger partial charge in [-0.25, -0.2) is 4.79 Å². The average molecular weight is 429 g/mol. The maximum absolute atomic E-state index is 13.4. The predicted octanol–water partition coefficient (Wildman–Crippen LogP) is 2.09. The van der Waals surface area contributed by atoms with E-state index in [9.17, 15) is 14.4 Å². The van der Waals surface area contributed by atoms with Crippen LogP contribution in [0.25, 0.3) is 0 Å². The molecule has 0 saturated carbocycles. The number of hydrogen-bond donors (Lipinski definition) is 1. The number of likely N-dealkylation sites (tertiary alicyclic amines) is 2. The molecule has 0 unspecified atom stereocenters. The molecule has 1 aromatic rings. The van der Waals surface area contributed by atoms with Gasteiger partial charge in [-0.3, -0.25) is 14.5 Å². The molecule has 3 heterocycles. The van der Waals surface area contributed by atoms with Crippen LogP contribution in [0, 0.1) is 0 Å². The largest absolute Gasteiger partial charge is 0.497 e. The van der Waals surface area contributed by atoms with E-state index in [0.29, 0.717) is 43.3 Å². The van der Waals surface area contributed by atoms with Crippen LogP contribution >= 0.6 is 0 Å². The molecule has 3 aliphatic heterocycles. The Morgan fingerprint density at radius 3 is 2.42 bits per heavy atom. The summed E-state index contributed by atoms with van der Waals surface area (Å²) in [7, 11) is 1.59. The Labute approximate surface area is 183 Å². The van der Waals surface area contributed by atoms with E-state index in [2.05, 4.69) is 24.1 Å². The van der Waals surface area contributed by atoms with Gasteiger partial charge in [0.05, 0.1) is 13.2 Å². The van der Waals surface area contributed by atoms with E-state index in [4.69, 9.17) is 4.74 Å². The Bertz CT molecular complexity index is 846. The molecule has 1 N–H and O–H groups in total. The predicted molar refractivity (Wildman–Crippen MR) is 116 cm³/mol. The lowest BCUT2D eigenvalue weighted by atomic mass is 9.86. The van der Waals surface area contributed by atoms with Crippen LogP contribution in [-0.4, -0.2) is 83.5 Å². The molecule has 0 bridgehead atoms. The van der Waals surface area contributed by atoms with Crippen molar-refractivity contribution in [1.29, 1.82) is 0 Å². The molecule has 3 fully saturated rings. The monoisotopic (exact) mass is 428 g/mol. The van der Waals surface area contributed by atoms with Crippen LogP contribution in [0.15, 0.2) is 24.3 Å². The fraction of sp³-hybridized carbons (Fsp3) is 0.609. The van der Waals surface area contributed by atoms with Gasteiger partial charge in [-0.1, -0.05) is 0 Å². The van der Waals surface area contributed by atoms with E-state index >= 15 is 0 Å². The molecule has 3 aliphatic rings. The topological polar surface area (TPSA) is 82.2 Å². The Balaban J connectivity index is 1.45. The highest BCUT2D eigenvalue weighted by atomic mass is 16.5. The van der Waals surface area contributed by atoms with Crippen molar-refractivity contribution in [3.63, 3.8) is 0 Å². The molecule has 1 aromatic carbocycles. The SMILES string of the molecule is COc1ccc(C(=O)N2CCC[C@H](N3C(=O)NC4(CCN(C(C)C)CC4)C3=O)C2)cc1. The van der Waals surface area contributed by atoms with Crippen LogP contribution in [0.3, 0.4) is 0 Å². The zero-order chi connectivity index (χ0) is 22.2. The second-order valence-electron chi connectivity index (χ2n) is 9.09. The molecule has 31 heavy (non-hydrogen) atoms. The van der Waals surface area contributed by atoms with Crippen molar-refractivity contribution < 1.29 is 19.1 Å². The van der Waals surface area contributed by atoms with Gasteiger partial charge in [-0.15, -0.1) is 0 Å². The maximum atomic E-state index is 13.4. The third kappa shape index (κ3) is 4.01. The zero-order valence-electron chi connectivity index (χ0n) is 18.6. The van der Waals surface area contributed by atoms with E-state index in [1.54, 1.807) is 36.3 Å². The van der Waals surface area contributed by atoms with Crippen molar-refractivity contribution in [2.24, 2.45) is 0 Å². The number of carbonyl (C=O) groups is 3. The molecule has 0 radical (unpaired) electrons. The maximum Gasteiger partial charge on any atom is 0.325 e. The van der Waals surface area contributed by atoms with Crippen molar-refractivity contribution in [3.05, 3.63) is 29.8 Å². The van der Waals surface area contributed by atoms with Crippen molar-refractivity contribution in [3.8, 4) is 5.75 Å². The average Bonchev–Trinajstić information content (AvgIpc) is 3.02. The summed E-state index contributed by atoms with van der Waals surface area (Å²) in [5, 5.41) is 3.01. The number of imide groups is 1. The van der Waals surface area contributed by atoms with Gasteiger partial charge in [-0.2, -0.15) is 0 Å². The van der Waals surface area contributed by atoms with Crippen LogP contribution in [0.2, 0.25) is 0 Å². The minimum absolute atomic E-state index is 0.0839. The summed E-state index contributed by atoms with van der Waals surface area (Å²) >= 11 is 0. The number of nitrogens with one attached hydrogen (secondary N) is 1. The number of hydrogen-bond acceptors (Lipinski definition) is 5. The molecule has 4 rings (SSSR count). The Morgan fingerprint density at radius 2 is 1.81 bits per heavy atom. The molecule has 0 aromatic heterocycles. The van der Waals surface area contributed by atoms with Crippen molar-refractivity contribution in [1.82, 2.24) is 20.0 Å². The quantitative estimate of drug-likeness (QED) is 0.743. The van der Waals surface area contributed by atoms with Crippen LogP contribution in [-0.2, 0) is 4.79 Å². The van der Waals surface area contributed by atoms with E-state index in [1.807, 2.05) is 0 Å². The molecule has 1 spiro atoms. The molecule has 1 atom stereocenters. The number of piperidine rings is 2. The Hall–Kier alpha value is -2.61. The molecule has 8 heteroatoms. The first-order valence-electron chi connectivity index (χ1n) is 11.2. The number of amides is 4. The minimum atomic E-state index is -0.787. The summed E-state index contributed by atoms with van der Waals surface area (Å²) in [5.41, 5.74) is -0.207. The first-order valence-corrected chi connectivity index (χ1v) is 11.2. The van der Waals surface area contributed by atoms with Crippen molar-refractivity contribution >= 4 is 17.8 Å². The highest BCUT2D eigenvalue weighted by molar-refractivity contribution is 6.07. The number of urea groups is 1. The van der Waals surface area contributed by atoms with Gasteiger partial charge in [0.2, 0.25) is 0 Å². The third-order valence-electron chi connectivity index (χ3n) is 6.96. The summed E-state index contributed by atoms with van der Waals surface area (Å²) in [5.74, 6) is 0.491. The summed E-state index contributed by atoms with van der Waals surface area (Å²) in [6.07, 6.45) is 2.75. The molecule has 4 amide bonds. The second kappa shape index (κ2) is 8.49. The lowest BCUT2D eigenvalue weighted by Crippen LogP contribution is -2.57. The fourth-order valence-electron chi connectivity index (χ4n) is 5.00. The van der Waals surface area contributed by atoms with Crippen molar-refractivity contribution in [2.75, 3.05) is 33.3 Å². The van der Waals surface area contributed by atoms with Gasteiger partial charge in [-0.05, 0) is 63.8 Å². The molecule has 3 saturated heterocycles. The van der Waals surface area contributed by atoms with Crippen LogP contribution in [0.4, 0.5) is 4.79 Å². The standard InChI is InChI=1S/C23H32N4O4/c1-16(2)25-13-10-23(11-14-25)21(29)27(22(30)24-23)18-5-4-12-26(15-18)20(28)17-6-8-19(31-3)9-7-17/h6-9,16,18H,4-5,10-15H2,1-3H3,(H,24,30)/t18-/m0/s1. The fourth-order valence-corrected chi connectivity index (χ4v) is 5.00. The summed E-state index contributed by atoms with van der Waals surface area (Å²) in [6.45, 7) is 6.89. The highest BCUT2D eigenvalue weighted by Gasteiger charge is 2.54.